The zero-order valence-corrected chi connectivity index (χ0v) is 30.1. The smallest absolute Gasteiger partial charge is 0.252 e. The van der Waals surface area contributed by atoms with E-state index in [4.69, 9.17) is 0 Å². The first-order valence-electron chi connectivity index (χ1n) is 17.6. The number of para-hydroxylation sites is 1. The summed E-state index contributed by atoms with van der Waals surface area (Å²) in [6, 6.07) is 48.1. The number of nitrogens with zero attached hydrogens (tertiary/aromatic N) is 2. The topological polar surface area (TPSA) is 6.48 Å². The van der Waals surface area contributed by atoms with Crippen molar-refractivity contribution in [1.29, 1.82) is 0 Å². The lowest BCUT2D eigenvalue weighted by Gasteiger charge is -2.45. The predicted molar refractivity (Wildman–Crippen MR) is 213 cm³/mol. The van der Waals surface area contributed by atoms with Gasteiger partial charge < -0.3 is 9.80 Å². The van der Waals surface area contributed by atoms with Gasteiger partial charge in [-0.25, -0.2) is 0 Å². The maximum absolute atomic E-state index is 2.53. The summed E-state index contributed by atoms with van der Waals surface area (Å²) in [6.45, 7) is 18.4. The lowest BCUT2D eigenvalue weighted by molar-refractivity contribution is 0.590. The molecule has 0 spiro atoms. The molecule has 2 heterocycles. The summed E-state index contributed by atoms with van der Waals surface area (Å²) in [5.41, 5.74) is 19.3. The molecule has 0 aromatic heterocycles. The Morgan fingerprint density at radius 3 is 1.69 bits per heavy atom. The zero-order valence-electron chi connectivity index (χ0n) is 30.1. The number of hydrogen-bond acceptors (Lipinski definition) is 2. The molecule has 0 bridgehead atoms. The van der Waals surface area contributed by atoms with Gasteiger partial charge in [0.1, 0.15) is 0 Å². The molecule has 6 aromatic rings. The minimum absolute atomic E-state index is 0.0150. The lowest BCUT2D eigenvalue weighted by atomic mass is 9.33. The highest BCUT2D eigenvalue weighted by Gasteiger charge is 2.44. The Hall–Kier alpha value is -5.02. The van der Waals surface area contributed by atoms with E-state index in [1.165, 1.54) is 83.9 Å². The first kappa shape index (κ1) is 31.3. The van der Waals surface area contributed by atoms with E-state index >= 15 is 0 Å². The Kier molecular flexibility index (Phi) is 7.19. The van der Waals surface area contributed by atoms with Crippen molar-refractivity contribution in [3.8, 4) is 11.1 Å². The maximum atomic E-state index is 2.53. The molecule has 0 aliphatic carbocycles. The maximum Gasteiger partial charge on any atom is 0.252 e. The SMILES string of the molecule is Cc1cc2c3c(c1)N(c1ccccc1C)c1ccc(-c4ccccc4)cc1B3c1cc(C(C)(C)C)ccc1N2c1ccc(C(C)(C)C)cc1. The van der Waals surface area contributed by atoms with Crippen LogP contribution in [0.15, 0.2) is 127 Å². The van der Waals surface area contributed by atoms with Crippen LogP contribution in [0.5, 0.6) is 0 Å². The molecular weight excluding hydrogens is 591 g/mol. The van der Waals surface area contributed by atoms with Crippen LogP contribution in [0.2, 0.25) is 0 Å². The molecule has 6 aromatic carbocycles. The van der Waals surface area contributed by atoms with Gasteiger partial charge in [-0.15, -0.1) is 0 Å². The summed E-state index contributed by atoms with van der Waals surface area (Å²) < 4.78 is 0. The van der Waals surface area contributed by atoms with Crippen LogP contribution >= 0.6 is 0 Å². The van der Waals surface area contributed by atoms with Crippen LogP contribution in [0, 0.1) is 13.8 Å². The van der Waals surface area contributed by atoms with E-state index in [-0.39, 0.29) is 17.5 Å². The van der Waals surface area contributed by atoms with Crippen molar-refractivity contribution in [2.75, 3.05) is 9.80 Å². The molecule has 49 heavy (non-hydrogen) atoms. The summed E-state index contributed by atoms with van der Waals surface area (Å²) in [7, 11) is 0. The quantitative estimate of drug-likeness (QED) is 0.178. The van der Waals surface area contributed by atoms with Gasteiger partial charge in [0, 0.05) is 34.1 Å². The highest BCUT2D eigenvalue weighted by Crippen LogP contribution is 2.46. The van der Waals surface area contributed by atoms with Gasteiger partial charge in [-0.1, -0.05) is 126 Å². The molecule has 0 amide bonds. The van der Waals surface area contributed by atoms with Gasteiger partial charge in [0.2, 0.25) is 0 Å². The molecule has 2 nitrogen and oxygen atoms in total. The molecule has 8 rings (SSSR count). The minimum atomic E-state index is 0.0150. The molecule has 0 fully saturated rings. The third-order valence-electron chi connectivity index (χ3n) is 10.5. The number of anilines is 6. The zero-order chi connectivity index (χ0) is 34.2. The first-order valence-corrected chi connectivity index (χ1v) is 17.6. The van der Waals surface area contributed by atoms with Crippen molar-refractivity contribution < 1.29 is 0 Å². The highest BCUT2D eigenvalue weighted by molar-refractivity contribution is 7.00. The Balaban J connectivity index is 1.47. The van der Waals surface area contributed by atoms with Crippen molar-refractivity contribution >= 4 is 57.2 Å². The van der Waals surface area contributed by atoms with Gasteiger partial charge in [0.05, 0.1) is 0 Å². The van der Waals surface area contributed by atoms with Gasteiger partial charge in [0.25, 0.3) is 6.71 Å². The highest BCUT2D eigenvalue weighted by atomic mass is 15.2. The van der Waals surface area contributed by atoms with Gasteiger partial charge in [-0.2, -0.15) is 0 Å². The third kappa shape index (κ3) is 5.19. The van der Waals surface area contributed by atoms with E-state index in [9.17, 15) is 0 Å². The first-order chi connectivity index (χ1) is 23.4. The van der Waals surface area contributed by atoms with Gasteiger partial charge in [0.15, 0.2) is 0 Å². The van der Waals surface area contributed by atoms with E-state index in [2.05, 4.69) is 193 Å². The second-order valence-electron chi connectivity index (χ2n) is 16.1. The van der Waals surface area contributed by atoms with Crippen LogP contribution < -0.4 is 26.2 Å². The summed E-state index contributed by atoms with van der Waals surface area (Å²) in [5, 5.41) is 0. The van der Waals surface area contributed by atoms with Crippen LogP contribution in [0.1, 0.15) is 63.8 Å². The van der Waals surface area contributed by atoms with Gasteiger partial charge >= 0.3 is 0 Å². The summed E-state index contributed by atoms with van der Waals surface area (Å²) in [6.07, 6.45) is 0. The Bertz CT molecular complexity index is 2220. The molecule has 2 aliphatic rings. The number of rotatable bonds is 3. The normalized spacial score (nSPS) is 13.6. The molecule has 0 unspecified atom stereocenters. The standard InChI is InChI=1S/C46H45BN2/c1-30-26-42-44-43(27-30)49(39-17-13-12-14-31(39)2)41-24-18-33(32-15-10-9-11-16-32)28-37(41)47(44)38-29-35(46(6,7)8)21-25-40(38)48(42)36-22-19-34(20-23-36)45(3,4)5/h9-29H,1-8H3. The van der Waals surface area contributed by atoms with Crippen LogP contribution in [-0.2, 0) is 10.8 Å². The molecular formula is C46H45BN2. The van der Waals surface area contributed by atoms with Crippen molar-refractivity contribution in [1.82, 2.24) is 0 Å². The van der Waals surface area contributed by atoms with Gasteiger partial charge in [-0.05, 0) is 117 Å². The molecule has 0 N–H and O–H groups in total. The van der Waals surface area contributed by atoms with Crippen molar-refractivity contribution in [2.45, 2.75) is 66.2 Å². The van der Waals surface area contributed by atoms with Crippen LogP contribution in [0.25, 0.3) is 11.1 Å². The van der Waals surface area contributed by atoms with Crippen molar-refractivity contribution in [3.05, 3.63) is 150 Å². The van der Waals surface area contributed by atoms with E-state index in [1.54, 1.807) is 0 Å². The average molecular weight is 637 g/mol. The lowest BCUT2D eigenvalue weighted by Crippen LogP contribution is -2.61. The number of benzene rings is 6. The number of aryl methyl sites for hydroxylation is 2. The second kappa shape index (κ2) is 11.3. The molecule has 2 aliphatic heterocycles. The Labute approximate surface area is 293 Å². The largest absolute Gasteiger partial charge is 0.311 e. The fraction of sp³-hybridized carbons (Fsp3) is 0.217. The average Bonchev–Trinajstić information content (AvgIpc) is 3.08. The summed E-state index contributed by atoms with van der Waals surface area (Å²) >= 11 is 0. The predicted octanol–water partition coefficient (Wildman–Crippen LogP) is 10.6. The Morgan fingerprint density at radius 1 is 0.449 bits per heavy atom. The number of fused-ring (bicyclic) bond motifs is 4. The van der Waals surface area contributed by atoms with E-state index < -0.39 is 0 Å². The summed E-state index contributed by atoms with van der Waals surface area (Å²) in [5.74, 6) is 0. The molecule has 0 radical (unpaired) electrons. The summed E-state index contributed by atoms with van der Waals surface area (Å²) in [4.78, 5) is 5.06. The van der Waals surface area contributed by atoms with Crippen molar-refractivity contribution in [2.24, 2.45) is 0 Å². The monoisotopic (exact) mass is 636 g/mol. The Morgan fingerprint density at radius 2 is 1.02 bits per heavy atom. The van der Waals surface area contributed by atoms with Crippen LogP contribution in [0.3, 0.4) is 0 Å². The van der Waals surface area contributed by atoms with Gasteiger partial charge in [-0.3, -0.25) is 0 Å². The molecule has 3 heteroatoms. The van der Waals surface area contributed by atoms with E-state index in [0.717, 1.165) is 0 Å². The molecule has 0 saturated carbocycles. The van der Waals surface area contributed by atoms with Crippen LogP contribution in [0.4, 0.5) is 34.1 Å². The minimum Gasteiger partial charge on any atom is -0.311 e. The fourth-order valence-corrected chi connectivity index (χ4v) is 7.88. The van der Waals surface area contributed by atoms with Crippen LogP contribution in [-0.4, -0.2) is 6.71 Å². The third-order valence-corrected chi connectivity index (χ3v) is 10.5. The van der Waals surface area contributed by atoms with Crippen molar-refractivity contribution in [3.63, 3.8) is 0 Å². The number of hydrogen-bond donors (Lipinski definition) is 0. The van der Waals surface area contributed by atoms with E-state index in [1.807, 2.05) is 0 Å². The molecule has 0 atom stereocenters. The molecule has 242 valence electrons. The second-order valence-corrected chi connectivity index (χ2v) is 16.1. The fourth-order valence-electron chi connectivity index (χ4n) is 7.88. The molecule has 0 saturated heterocycles. The van der Waals surface area contributed by atoms with E-state index in [0.29, 0.717) is 0 Å².